The van der Waals surface area contributed by atoms with E-state index in [1.807, 2.05) is 41.3 Å². The summed E-state index contributed by atoms with van der Waals surface area (Å²) < 4.78 is 5.87. The number of nitriles is 1. The SMILES string of the molecule is N#Cc1ccccc1COc1cccc(C(=O)N2CCN(CCc3cccs3)CC2)c1. The molecule has 0 atom stereocenters. The number of hydrogen-bond donors (Lipinski definition) is 0. The summed E-state index contributed by atoms with van der Waals surface area (Å²) in [5.74, 6) is 0.675. The summed E-state index contributed by atoms with van der Waals surface area (Å²) in [4.78, 5) is 18.7. The second kappa shape index (κ2) is 10.3. The molecule has 1 amide bonds. The van der Waals surface area contributed by atoms with Crippen molar-refractivity contribution in [3.05, 3.63) is 87.6 Å². The Kier molecular flexibility index (Phi) is 6.98. The molecule has 4 rings (SSSR count). The summed E-state index contributed by atoms with van der Waals surface area (Å²) in [5, 5.41) is 11.3. The quantitative estimate of drug-likeness (QED) is 0.563. The summed E-state index contributed by atoms with van der Waals surface area (Å²) >= 11 is 1.80. The van der Waals surface area contributed by atoms with Gasteiger partial charge in [0.1, 0.15) is 12.4 Å². The van der Waals surface area contributed by atoms with Gasteiger partial charge >= 0.3 is 0 Å². The highest BCUT2D eigenvalue weighted by Crippen LogP contribution is 2.19. The Labute approximate surface area is 187 Å². The summed E-state index contributed by atoms with van der Waals surface area (Å²) in [6, 6.07) is 21.1. The van der Waals surface area contributed by atoms with Crippen molar-refractivity contribution in [2.45, 2.75) is 13.0 Å². The molecule has 1 fully saturated rings. The molecule has 0 saturated carbocycles. The number of thiophene rings is 1. The smallest absolute Gasteiger partial charge is 0.254 e. The molecular formula is C25H25N3O2S. The van der Waals surface area contributed by atoms with E-state index in [4.69, 9.17) is 4.74 Å². The minimum absolute atomic E-state index is 0.0424. The molecule has 0 aliphatic carbocycles. The highest BCUT2D eigenvalue weighted by molar-refractivity contribution is 7.09. The van der Waals surface area contributed by atoms with Crippen molar-refractivity contribution in [1.82, 2.24) is 9.80 Å². The van der Waals surface area contributed by atoms with Gasteiger partial charge in [0.05, 0.1) is 11.6 Å². The maximum absolute atomic E-state index is 13.0. The molecule has 3 aromatic rings. The van der Waals surface area contributed by atoms with Gasteiger partial charge in [-0.3, -0.25) is 9.69 Å². The van der Waals surface area contributed by atoms with Gasteiger partial charge in [0.25, 0.3) is 5.91 Å². The Morgan fingerprint density at radius 2 is 1.87 bits per heavy atom. The monoisotopic (exact) mass is 431 g/mol. The number of benzene rings is 2. The average Bonchev–Trinajstić information content (AvgIpc) is 3.35. The first-order valence-corrected chi connectivity index (χ1v) is 11.4. The molecule has 0 bridgehead atoms. The van der Waals surface area contributed by atoms with Crippen molar-refractivity contribution < 1.29 is 9.53 Å². The molecule has 1 aliphatic heterocycles. The molecule has 0 unspecified atom stereocenters. The summed E-state index contributed by atoms with van der Waals surface area (Å²) in [5.41, 5.74) is 2.07. The highest BCUT2D eigenvalue weighted by atomic mass is 32.1. The van der Waals surface area contributed by atoms with Gasteiger partial charge in [0.15, 0.2) is 0 Å². The summed E-state index contributed by atoms with van der Waals surface area (Å²) in [7, 11) is 0. The van der Waals surface area contributed by atoms with Crippen LogP contribution in [0.4, 0.5) is 0 Å². The molecule has 0 radical (unpaired) electrons. The van der Waals surface area contributed by atoms with Crippen LogP contribution in [0.1, 0.15) is 26.4 Å². The van der Waals surface area contributed by atoms with E-state index in [2.05, 4.69) is 28.5 Å². The van der Waals surface area contributed by atoms with E-state index in [1.165, 1.54) is 4.88 Å². The van der Waals surface area contributed by atoms with E-state index in [0.717, 1.165) is 44.7 Å². The molecule has 5 nitrogen and oxygen atoms in total. The molecule has 31 heavy (non-hydrogen) atoms. The zero-order chi connectivity index (χ0) is 21.5. The van der Waals surface area contributed by atoms with Crippen molar-refractivity contribution in [3.63, 3.8) is 0 Å². The molecule has 1 aromatic heterocycles. The third-order valence-corrected chi connectivity index (χ3v) is 6.46. The molecule has 1 saturated heterocycles. The standard InChI is InChI=1S/C25H25N3O2S/c26-18-21-5-1-2-6-22(21)19-30-23-8-3-7-20(17-23)25(29)28-14-12-27(13-15-28)11-10-24-9-4-16-31-24/h1-9,16-17H,10-15,19H2. The first-order chi connectivity index (χ1) is 15.2. The fraction of sp³-hybridized carbons (Fsp3) is 0.280. The van der Waals surface area contributed by atoms with E-state index in [1.54, 1.807) is 23.5 Å². The Bertz CT molecular complexity index is 1050. The van der Waals surface area contributed by atoms with E-state index >= 15 is 0 Å². The molecule has 2 heterocycles. The molecule has 0 spiro atoms. The van der Waals surface area contributed by atoms with Crippen LogP contribution in [-0.4, -0.2) is 48.4 Å². The van der Waals surface area contributed by atoms with Gasteiger partial charge in [0.2, 0.25) is 0 Å². The van der Waals surface area contributed by atoms with Gasteiger partial charge in [0, 0.05) is 48.7 Å². The van der Waals surface area contributed by atoms with E-state index in [-0.39, 0.29) is 5.91 Å². The number of rotatable bonds is 7. The normalized spacial score (nSPS) is 14.2. The first-order valence-electron chi connectivity index (χ1n) is 10.5. The second-order valence-corrected chi connectivity index (χ2v) is 8.58. The zero-order valence-electron chi connectivity index (χ0n) is 17.4. The highest BCUT2D eigenvalue weighted by Gasteiger charge is 2.22. The van der Waals surface area contributed by atoms with Crippen molar-refractivity contribution >= 4 is 17.2 Å². The third-order valence-electron chi connectivity index (χ3n) is 5.53. The van der Waals surface area contributed by atoms with Gasteiger partial charge in [-0.1, -0.05) is 30.3 Å². The van der Waals surface area contributed by atoms with E-state index < -0.39 is 0 Å². The molecule has 2 aromatic carbocycles. The van der Waals surface area contributed by atoms with Crippen LogP contribution in [0.15, 0.2) is 66.0 Å². The minimum atomic E-state index is 0.0424. The number of nitrogens with zero attached hydrogens (tertiary/aromatic N) is 3. The van der Waals surface area contributed by atoms with Gasteiger partial charge in [-0.25, -0.2) is 0 Å². The van der Waals surface area contributed by atoms with Crippen LogP contribution < -0.4 is 4.74 Å². The Hall–Kier alpha value is -3.14. The van der Waals surface area contributed by atoms with Gasteiger partial charge < -0.3 is 9.64 Å². The van der Waals surface area contributed by atoms with Crippen molar-refractivity contribution in [2.24, 2.45) is 0 Å². The van der Waals surface area contributed by atoms with Crippen LogP contribution in [0.25, 0.3) is 0 Å². The molecule has 158 valence electrons. The number of carbonyl (C=O) groups excluding carboxylic acids is 1. The number of carbonyl (C=O) groups is 1. The molecule has 0 N–H and O–H groups in total. The second-order valence-electron chi connectivity index (χ2n) is 7.55. The Morgan fingerprint density at radius 1 is 1.03 bits per heavy atom. The maximum Gasteiger partial charge on any atom is 0.254 e. The van der Waals surface area contributed by atoms with Crippen LogP contribution in [0.3, 0.4) is 0 Å². The van der Waals surface area contributed by atoms with Crippen LogP contribution in [0.5, 0.6) is 5.75 Å². The minimum Gasteiger partial charge on any atom is -0.489 e. The van der Waals surface area contributed by atoms with Crippen LogP contribution in [0.2, 0.25) is 0 Å². The van der Waals surface area contributed by atoms with Gasteiger partial charge in [-0.2, -0.15) is 5.26 Å². The topological polar surface area (TPSA) is 56.6 Å². The molecular weight excluding hydrogens is 406 g/mol. The van der Waals surface area contributed by atoms with Crippen LogP contribution >= 0.6 is 11.3 Å². The third kappa shape index (κ3) is 5.52. The lowest BCUT2D eigenvalue weighted by Crippen LogP contribution is -2.49. The van der Waals surface area contributed by atoms with Crippen molar-refractivity contribution in [3.8, 4) is 11.8 Å². The predicted molar refractivity (Wildman–Crippen MR) is 122 cm³/mol. The number of ether oxygens (including phenoxy) is 1. The fourth-order valence-electron chi connectivity index (χ4n) is 3.72. The first kappa shape index (κ1) is 21.1. The predicted octanol–water partition coefficient (Wildman–Crippen LogP) is 4.20. The lowest BCUT2D eigenvalue weighted by atomic mass is 10.1. The van der Waals surface area contributed by atoms with Gasteiger partial charge in [-0.15, -0.1) is 11.3 Å². The number of hydrogen-bond acceptors (Lipinski definition) is 5. The van der Waals surface area contributed by atoms with Crippen molar-refractivity contribution in [1.29, 1.82) is 5.26 Å². The average molecular weight is 432 g/mol. The summed E-state index contributed by atoms with van der Waals surface area (Å²) in [6.07, 6.45) is 1.07. The zero-order valence-corrected chi connectivity index (χ0v) is 18.2. The van der Waals surface area contributed by atoms with Gasteiger partial charge in [-0.05, 0) is 42.1 Å². The lowest BCUT2D eigenvalue weighted by Gasteiger charge is -2.34. The largest absolute Gasteiger partial charge is 0.489 e. The Balaban J connectivity index is 1.30. The van der Waals surface area contributed by atoms with Crippen molar-refractivity contribution in [2.75, 3.05) is 32.7 Å². The van der Waals surface area contributed by atoms with E-state index in [9.17, 15) is 10.1 Å². The molecule has 1 aliphatic rings. The Morgan fingerprint density at radius 3 is 2.65 bits per heavy atom. The maximum atomic E-state index is 13.0. The lowest BCUT2D eigenvalue weighted by molar-refractivity contribution is 0.0638. The van der Waals surface area contributed by atoms with Crippen LogP contribution in [0, 0.1) is 11.3 Å². The van der Waals surface area contributed by atoms with E-state index in [0.29, 0.717) is 23.5 Å². The number of piperazine rings is 1. The molecule has 6 heteroatoms. The summed E-state index contributed by atoms with van der Waals surface area (Å²) in [6.45, 7) is 4.62. The fourth-order valence-corrected chi connectivity index (χ4v) is 4.41. The van der Waals surface area contributed by atoms with Crippen LogP contribution in [-0.2, 0) is 13.0 Å². The number of amides is 1.